The average molecular weight is 254 g/mol. The van der Waals surface area contributed by atoms with Crippen LogP contribution in [-0.4, -0.2) is 19.1 Å². The molecule has 2 atom stereocenters. The van der Waals surface area contributed by atoms with Crippen LogP contribution < -0.4 is 15.8 Å². The minimum atomic E-state index is -0.593. The standard InChI is InChI=1S/C13H19FN2O2/c1-4-8(2)12(15)13(17)16-10-6-5-9(14)7-11(10)18-3/h5-8,12H,4,15H2,1-3H3,(H,16,17)/t8-,12-/m0/s1. The number of hydrogen-bond acceptors (Lipinski definition) is 3. The second kappa shape index (κ2) is 6.35. The van der Waals surface area contributed by atoms with Gasteiger partial charge in [0.15, 0.2) is 0 Å². The lowest BCUT2D eigenvalue weighted by Crippen LogP contribution is -2.40. The van der Waals surface area contributed by atoms with E-state index in [1.165, 1.54) is 25.3 Å². The molecule has 0 aliphatic carbocycles. The van der Waals surface area contributed by atoms with E-state index in [9.17, 15) is 9.18 Å². The zero-order chi connectivity index (χ0) is 13.7. The normalized spacial score (nSPS) is 13.8. The first-order chi connectivity index (χ1) is 8.49. The predicted octanol–water partition coefficient (Wildman–Crippen LogP) is 2.15. The Morgan fingerprint density at radius 3 is 2.78 bits per heavy atom. The van der Waals surface area contributed by atoms with Gasteiger partial charge in [-0.2, -0.15) is 0 Å². The lowest BCUT2D eigenvalue weighted by atomic mass is 9.99. The Kier molecular flexibility index (Phi) is 5.09. The average Bonchev–Trinajstić information content (AvgIpc) is 2.38. The van der Waals surface area contributed by atoms with E-state index in [4.69, 9.17) is 10.5 Å². The minimum absolute atomic E-state index is 0.0800. The summed E-state index contributed by atoms with van der Waals surface area (Å²) in [6.45, 7) is 3.88. The fourth-order valence-electron chi connectivity index (χ4n) is 1.50. The zero-order valence-corrected chi connectivity index (χ0v) is 10.9. The molecule has 0 heterocycles. The summed E-state index contributed by atoms with van der Waals surface area (Å²) in [6, 6.07) is 3.33. The number of nitrogens with two attached hydrogens (primary N) is 1. The van der Waals surface area contributed by atoms with Crippen molar-refractivity contribution >= 4 is 11.6 Å². The summed E-state index contributed by atoms with van der Waals surface area (Å²) >= 11 is 0. The van der Waals surface area contributed by atoms with E-state index in [0.29, 0.717) is 5.69 Å². The molecule has 0 saturated carbocycles. The van der Waals surface area contributed by atoms with Crippen molar-refractivity contribution in [2.75, 3.05) is 12.4 Å². The van der Waals surface area contributed by atoms with Crippen molar-refractivity contribution in [2.45, 2.75) is 26.3 Å². The molecule has 18 heavy (non-hydrogen) atoms. The molecule has 1 aromatic carbocycles. The molecule has 100 valence electrons. The van der Waals surface area contributed by atoms with Crippen LogP contribution in [0.2, 0.25) is 0 Å². The molecular weight excluding hydrogens is 235 g/mol. The van der Waals surface area contributed by atoms with Crippen LogP contribution in [0.15, 0.2) is 18.2 Å². The van der Waals surface area contributed by atoms with Crippen LogP contribution in [-0.2, 0) is 4.79 Å². The lowest BCUT2D eigenvalue weighted by molar-refractivity contribution is -0.118. The fourth-order valence-corrected chi connectivity index (χ4v) is 1.50. The van der Waals surface area contributed by atoms with Gasteiger partial charge in [-0.1, -0.05) is 20.3 Å². The van der Waals surface area contributed by atoms with Gasteiger partial charge >= 0.3 is 0 Å². The number of hydrogen-bond donors (Lipinski definition) is 2. The number of benzene rings is 1. The van der Waals surface area contributed by atoms with Crippen molar-refractivity contribution < 1.29 is 13.9 Å². The van der Waals surface area contributed by atoms with Crippen molar-refractivity contribution in [1.29, 1.82) is 0 Å². The topological polar surface area (TPSA) is 64.4 Å². The van der Waals surface area contributed by atoms with Crippen LogP contribution >= 0.6 is 0 Å². The number of amides is 1. The lowest BCUT2D eigenvalue weighted by Gasteiger charge is -2.18. The summed E-state index contributed by atoms with van der Waals surface area (Å²) in [5.74, 6) is -0.360. The largest absolute Gasteiger partial charge is 0.494 e. The number of halogens is 1. The Morgan fingerprint density at radius 2 is 2.22 bits per heavy atom. The van der Waals surface area contributed by atoms with E-state index in [2.05, 4.69) is 5.32 Å². The fraction of sp³-hybridized carbons (Fsp3) is 0.462. The van der Waals surface area contributed by atoms with E-state index >= 15 is 0 Å². The Hall–Kier alpha value is -1.62. The van der Waals surface area contributed by atoms with Gasteiger partial charge in [0.05, 0.1) is 18.8 Å². The van der Waals surface area contributed by atoms with Crippen LogP contribution in [0.5, 0.6) is 5.75 Å². The summed E-state index contributed by atoms with van der Waals surface area (Å²) < 4.78 is 18.0. The third kappa shape index (κ3) is 3.43. The van der Waals surface area contributed by atoms with Gasteiger partial charge in [-0.15, -0.1) is 0 Å². The summed E-state index contributed by atoms with van der Waals surface area (Å²) in [7, 11) is 1.42. The number of anilines is 1. The van der Waals surface area contributed by atoms with Gasteiger partial charge in [-0.3, -0.25) is 4.79 Å². The molecule has 5 heteroatoms. The highest BCUT2D eigenvalue weighted by Gasteiger charge is 2.20. The monoisotopic (exact) mass is 254 g/mol. The maximum absolute atomic E-state index is 13.0. The van der Waals surface area contributed by atoms with Crippen molar-refractivity contribution in [2.24, 2.45) is 11.7 Å². The SMILES string of the molecule is CC[C@H](C)[C@H](N)C(=O)Nc1ccc(F)cc1OC. The first-order valence-electron chi connectivity index (χ1n) is 5.89. The van der Waals surface area contributed by atoms with Crippen molar-refractivity contribution in [3.8, 4) is 5.75 Å². The first kappa shape index (κ1) is 14.4. The van der Waals surface area contributed by atoms with Crippen molar-refractivity contribution in [3.05, 3.63) is 24.0 Å². The molecule has 3 N–H and O–H groups in total. The van der Waals surface area contributed by atoms with Gasteiger partial charge in [-0.25, -0.2) is 4.39 Å². The molecule has 4 nitrogen and oxygen atoms in total. The van der Waals surface area contributed by atoms with Crippen LogP contribution in [0.25, 0.3) is 0 Å². The van der Waals surface area contributed by atoms with Gasteiger partial charge in [-0.05, 0) is 18.1 Å². The number of methoxy groups -OCH3 is 1. The van der Waals surface area contributed by atoms with Gasteiger partial charge < -0.3 is 15.8 Å². The number of carbonyl (C=O) groups is 1. The molecule has 0 radical (unpaired) electrons. The maximum Gasteiger partial charge on any atom is 0.241 e. The molecular formula is C13H19FN2O2. The Labute approximate surface area is 106 Å². The van der Waals surface area contributed by atoms with Crippen LogP contribution in [0, 0.1) is 11.7 Å². The highest BCUT2D eigenvalue weighted by molar-refractivity contribution is 5.96. The molecule has 0 fully saturated rings. The molecule has 0 saturated heterocycles. The molecule has 0 aliphatic rings. The van der Waals surface area contributed by atoms with E-state index in [1.807, 2.05) is 13.8 Å². The third-order valence-electron chi connectivity index (χ3n) is 2.98. The molecule has 0 aliphatic heterocycles. The molecule has 0 bridgehead atoms. The van der Waals surface area contributed by atoms with Gasteiger partial charge in [0.2, 0.25) is 5.91 Å². The first-order valence-corrected chi connectivity index (χ1v) is 5.89. The summed E-state index contributed by atoms with van der Waals surface area (Å²) in [5.41, 5.74) is 6.23. The van der Waals surface area contributed by atoms with Crippen molar-refractivity contribution in [3.63, 3.8) is 0 Å². The number of rotatable bonds is 5. The van der Waals surface area contributed by atoms with Gasteiger partial charge in [0, 0.05) is 6.07 Å². The molecule has 0 spiro atoms. The van der Waals surface area contributed by atoms with Gasteiger partial charge in [0.1, 0.15) is 11.6 Å². The Bertz CT molecular complexity index is 423. The van der Waals surface area contributed by atoms with E-state index in [1.54, 1.807) is 0 Å². The smallest absolute Gasteiger partial charge is 0.241 e. The quantitative estimate of drug-likeness (QED) is 0.846. The Morgan fingerprint density at radius 1 is 1.56 bits per heavy atom. The molecule has 1 rings (SSSR count). The number of carbonyl (C=O) groups excluding carboxylic acids is 1. The minimum Gasteiger partial charge on any atom is -0.494 e. The Balaban J connectivity index is 2.81. The molecule has 0 unspecified atom stereocenters. The number of ether oxygens (including phenoxy) is 1. The maximum atomic E-state index is 13.0. The van der Waals surface area contributed by atoms with E-state index < -0.39 is 11.9 Å². The summed E-state index contributed by atoms with van der Waals surface area (Å²) in [5, 5.41) is 2.65. The second-order valence-electron chi connectivity index (χ2n) is 4.25. The third-order valence-corrected chi connectivity index (χ3v) is 2.98. The summed E-state index contributed by atoms with van der Waals surface area (Å²) in [4.78, 5) is 11.9. The predicted molar refractivity (Wildman–Crippen MR) is 69.0 cm³/mol. The van der Waals surface area contributed by atoms with E-state index in [-0.39, 0.29) is 17.6 Å². The van der Waals surface area contributed by atoms with Crippen LogP contribution in [0.3, 0.4) is 0 Å². The van der Waals surface area contributed by atoms with E-state index in [0.717, 1.165) is 6.42 Å². The van der Waals surface area contributed by atoms with Crippen LogP contribution in [0.4, 0.5) is 10.1 Å². The summed E-state index contributed by atoms with van der Waals surface area (Å²) in [6.07, 6.45) is 0.815. The van der Waals surface area contributed by atoms with Crippen LogP contribution in [0.1, 0.15) is 20.3 Å². The highest BCUT2D eigenvalue weighted by atomic mass is 19.1. The molecule has 1 aromatic rings. The molecule has 1 amide bonds. The molecule has 0 aromatic heterocycles. The zero-order valence-electron chi connectivity index (χ0n) is 10.9. The second-order valence-corrected chi connectivity index (χ2v) is 4.25. The van der Waals surface area contributed by atoms with Crippen molar-refractivity contribution in [1.82, 2.24) is 0 Å². The highest BCUT2D eigenvalue weighted by Crippen LogP contribution is 2.25. The number of nitrogens with one attached hydrogen (secondary N) is 1. The van der Waals surface area contributed by atoms with Gasteiger partial charge in [0.25, 0.3) is 0 Å².